The van der Waals surface area contributed by atoms with Gasteiger partial charge in [0, 0.05) is 28.9 Å². The first kappa shape index (κ1) is 15.0. The fourth-order valence-electron chi connectivity index (χ4n) is 2.51. The molecule has 0 saturated carbocycles. The monoisotopic (exact) mass is 306 g/mol. The molecule has 0 aliphatic heterocycles. The Balaban J connectivity index is 2.11. The molecule has 3 rings (SSSR count). The van der Waals surface area contributed by atoms with E-state index >= 15 is 0 Å². The number of hydrogen-bond acceptors (Lipinski definition) is 3. The van der Waals surface area contributed by atoms with Crippen LogP contribution in [0, 0.1) is 0 Å². The van der Waals surface area contributed by atoms with E-state index in [0.29, 0.717) is 12.0 Å². The maximum atomic E-state index is 12.5. The first-order valence-electron chi connectivity index (χ1n) is 7.27. The molecule has 0 unspecified atom stereocenters. The summed E-state index contributed by atoms with van der Waals surface area (Å²) in [5.41, 5.74) is 3.97. The number of ketones is 1. The first-order chi connectivity index (χ1) is 11.2. The van der Waals surface area contributed by atoms with Crippen LogP contribution in [0.4, 0.5) is 4.39 Å². The minimum atomic E-state index is -0.984. The summed E-state index contributed by atoms with van der Waals surface area (Å²) in [6.45, 7) is 2.81. The second-order valence-electron chi connectivity index (χ2n) is 5.19. The number of halogens is 1. The number of pyridine rings is 2. The molecule has 1 aromatic carbocycles. The van der Waals surface area contributed by atoms with Crippen LogP contribution in [0.5, 0.6) is 0 Å². The lowest BCUT2D eigenvalue weighted by atomic mass is 10.00. The summed E-state index contributed by atoms with van der Waals surface area (Å²) >= 11 is 0. The molecule has 0 fully saturated rings. The van der Waals surface area contributed by atoms with Crippen LogP contribution in [0.3, 0.4) is 0 Å². The maximum absolute atomic E-state index is 12.5. The lowest BCUT2D eigenvalue weighted by molar-refractivity contribution is 0.0958. The van der Waals surface area contributed by atoms with Gasteiger partial charge in [-0.3, -0.25) is 9.78 Å². The van der Waals surface area contributed by atoms with Crippen molar-refractivity contribution in [3.8, 4) is 11.3 Å². The molecule has 0 radical (unpaired) electrons. The molecule has 2 heterocycles. The zero-order valence-electron chi connectivity index (χ0n) is 12.5. The third-order valence-corrected chi connectivity index (χ3v) is 3.66. The summed E-state index contributed by atoms with van der Waals surface area (Å²) in [7, 11) is 0. The van der Waals surface area contributed by atoms with E-state index in [1.807, 2.05) is 18.2 Å². The van der Waals surface area contributed by atoms with Crippen molar-refractivity contribution in [1.82, 2.24) is 9.97 Å². The number of rotatable bonds is 5. The lowest BCUT2D eigenvalue weighted by Gasteiger charge is -2.10. The summed E-state index contributed by atoms with van der Waals surface area (Å²) in [5, 5.41) is 0.970. The quantitative estimate of drug-likeness (QED) is 0.524. The fraction of sp³-hybridized carbons (Fsp3) is 0.105. The minimum Gasteiger partial charge on any atom is -0.291 e. The molecule has 4 heteroatoms. The Bertz CT molecular complexity index is 872. The molecule has 3 nitrogen and oxygen atoms in total. The van der Waals surface area contributed by atoms with Gasteiger partial charge in [-0.2, -0.15) is 0 Å². The number of alkyl halides is 1. The van der Waals surface area contributed by atoms with Gasteiger partial charge in [0.25, 0.3) is 0 Å². The molecule has 0 aliphatic rings. The van der Waals surface area contributed by atoms with Gasteiger partial charge in [-0.15, -0.1) is 6.58 Å². The first-order valence-corrected chi connectivity index (χ1v) is 7.27. The predicted molar refractivity (Wildman–Crippen MR) is 89.2 cm³/mol. The number of aromatic nitrogens is 2. The highest BCUT2D eigenvalue weighted by atomic mass is 19.1. The van der Waals surface area contributed by atoms with Gasteiger partial charge in [0.05, 0.1) is 11.2 Å². The molecule has 2 aromatic heterocycles. The van der Waals surface area contributed by atoms with E-state index in [2.05, 4.69) is 11.6 Å². The number of hydrogen-bond donors (Lipinski definition) is 0. The molecule has 23 heavy (non-hydrogen) atoms. The van der Waals surface area contributed by atoms with Crippen LogP contribution in [0.25, 0.3) is 22.2 Å². The Labute approximate surface area is 133 Å². The predicted octanol–water partition coefficient (Wildman–Crippen LogP) is 4.18. The van der Waals surface area contributed by atoms with Crippen molar-refractivity contribution >= 4 is 16.7 Å². The highest BCUT2D eigenvalue weighted by Crippen LogP contribution is 2.26. The molecule has 114 valence electrons. The van der Waals surface area contributed by atoms with E-state index in [4.69, 9.17) is 4.98 Å². The number of benzene rings is 1. The van der Waals surface area contributed by atoms with Gasteiger partial charge in [0.1, 0.15) is 0 Å². The molecular formula is C19H15FN2O. The van der Waals surface area contributed by atoms with Crippen molar-refractivity contribution in [2.75, 3.05) is 6.67 Å². The van der Waals surface area contributed by atoms with Crippen LogP contribution in [-0.2, 0) is 6.42 Å². The molecule has 0 amide bonds. The Morgan fingerprint density at radius 3 is 2.70 bits per heavy atom. The van der Waals surface area contributed by atoms with E-state index in [1.54, 1.807) is 36.7 Å². The second-order valence-corrected chi connectivity index (χ2v) is 5.19. The lowest BCUT2D eigenvalue weighted by Crippen LogP contribution is -2.01. The molecular weight excluding hydrogens is 291 g/mol. The summed E-state index contributed by atoms with van der Waals surface area (Å²) in [4.78, 5) is 20.2. The number of Topliss-reactive ketones (excluding diaryl/α,β-unsaturated/α-hetero) is 1. The van der Waals surface area contributed by atoms with Crippen molar-refractivity contribution in [3.05, 3.63) is 72.6 Å². The van der Waals surface area contributed by atoms with Gasteiger partial charge in [0.2, 0.25) is 0 Å². The van der Waals surface area contributed by atoms with Gasteiger partial charge in [-0.1, -0.05) is 30.3 Å². The Morgan fingerprint density at radius 1 is 1.22 bits per heavy atom. The standard InChI is InChI=1S/C19H15FN2O/c1-2-3-15-10-16-12-21-9-8-17(16)22-19(15)14-6-4-13(5-7-14)18(23)11-20/h2,4-10,12H,1,3,11H2. The molecule has 0 atom stereocenters. The Morgan fingerprint density at radius 2 is 2.00 bits per heavy atom. The maximum Gasteiger partial charge on any atom is 0.193 e. The Kier molecular flexibility index (Phi) is 4.24. The summed E-state index contributed by atoms with van der Waals surface area (Å²) in [6, 6.07) is 10.8. The third-order valence-electron chi connectivity index (χ3n) is 3.66. The summed E-state index contributed by atoms with van der Waals surface area (Å²) in [6.07, 6.45) is 5.99. The molecule has 0 aliphatic carbocycles. The van der Waals surface area contributed by atoms with E-state index in [-0.39, 0.29) is 0 Å². The molecule has 0 N–H and O–H groups in total. The van der Waals surface area contributed by atoms with E-state index in [9.17, 15) is 9.18 Å². The SMILES string of the molecule is C=CCc1cc2cnccc2nc1-c1ccc(C(=O)CF)cc1. The molecule has 0 bridgehead atoms. The molecule has 0 spiro atoms. The molecule has 3 aromatic rings. The minimum absolute atomic E-state index is 0.367. The van der Waals surface area contributed by atoms with Crippen molar-refractivity contribution in [2.45, 2.75) is 6.42 Å². The van der Waals surface area contributed by atoms with Gasteiger partial charge in [0.15, 0.2) is 12.5 Å². The summed E-state index contributed by atoms with van der Waals surface area (Å²) < 4.78 is 12.5. The van der Waals surface area contributed by atoms with Gasteiger partial charge >= 0.3 is 0 Å². The van der Waals surface area contributed by atoms with E-state index < -0.39 is 12.5 Å². The van der Waals surface area contributed by atoms with Crippen LogP contribution < -0.4 is 0 Å². The summed E-state index contributed by atoms with van der Waals surface area (Å²) in [5.74, 6) is -0.514. The van der Waals surface area contributed by atoms with Gasteiger partial charge < -0.3 is 0 Å². The smallest absolute Gasteiger partial charge is 0.193 e. The second kappa shape index (κ2) is 6.48. The number of fused-ring (bicyclic) bond motifs is 1. The van der Waals surface area contributed by atoms with Crippen molar-refractivity contribution in [2.24, 2.45) is 0 Å². The highest BCUT2D eigenvalue weighted by Gasteiger charge is 2.10. The van der Waals surface area contributed by atoms with Crippen LogP contribution >= 0.6 is 0 Å². The third kappa shape index (κ3) is 3.01. The van der Waals surface area contributed by atoms with Crippen molar-refractivity contribution in [1.29, 1.82) is 0 Å². The van der Waals surface area contributed by atoms with Gasteiger partial charge in [-0.25, -0.2) is 9.37 Å². The number of allylic oxidation sites excluding steroid dienone is 1. The average molecular weight is 306 g/mol. The van der Waals surface area contributed by atoms with Crippen molar-refractivity contribution in [3.63, 3.8) is 0 Å². The van der Waals surface area contributed by atoms with Gasteiger partial charge in [-0.05, 0) is 24.1 Å². The average Bonchev–Trinajstić information content (AvgIpc) is 2.61. The van der Waals surface area contributed by atoms with Crippen LogP contribution in [0.15, 0.2) is 61.4 Å². The number of carbonyl (C=O) groups is 1. The topological polar surface area (TPSA) is 42.9 Å². The van der Waals surface area contributed by atoms with Crippen molar-refractivity contribution < 1.29 is 9.18 Å². The largest absolute Gasteiger partial charge is 0.291 e. The van der Waals surface area contributed by atoms with E-state index in [1.165, 1.54) is 0 Å². The van der Waals surface area contributed by atoms with E-state index in [0.717, 1.165) is 27.7 Å². The van der Waals surface area contributed by atoms with Crippen LogP contribution in [-0.4, -0.2) is 22.4 Å². The van der Waals surface area contributed by atoms with Crippen LogP contribution in [0.2, 0.25) is 0 Å². The fourth-order valence-corrected chi connectivity index (χ4v) is 2.51. The highest BCUT2D eigenvalue weighted by molar-refractivity contribution is 5.97. The van der Waals surface area contributed by atoms with Crippen LogP contribution in [0.1, 0.15) is 15.9 Å². The zero-order valence-corrected chi connectivity index (χ0v) is 12.5. The molecule has 0 saturated heterocycles. The number of carbonyl (C=O) groups excluding carboxylic acids is 1. The number of nitrogens with zero attached hydrogens (tertiary/aromatic N) is 2. The normalized spacial score (nSPS) is 10.7. The Hall–Kier alpha value is -2.88. The zero-order chi connectivity index (χ0) is 16.2.